The standard InChI is InChI=1S/C26H39NO5/c1-2-4-20(26(30)31)9-6-19-8-12-23-22(24(29)15-25(23)32-17-19)13-11-21(28)10-7-18-5-3-14-27-16-18/h3,5,11,13-14,16,19-25,28-29H,2,4,6-10,12,15,17H2,1H3,(H,30,31)/t19-,20?,21?,22-,23-,24-,25+/m1/s1. The number of rotatable bonds is 11. The predicted octanol–water partition coefficient (Wildman–Crippen LogP) is 4.00. The normalized spacial score (nSPS) is 30.0. The number of hydrogen-bond acceptors (Lipinski definition) is 5. The molecule has 0 bridgehead atoms. The molecule has 1 aromatic heterocycles. The van der Waals surface area contributed by atoms with E-state index in [2.05, 4.69) is 4.98 Å². The topological polar surface area (TPSA) is 99.9 Å². The van der Waals surface area contributed by atoms with Gasteiger partial charge < -0.3 is 20.1 Å². The highest BCUT2D eigenvalue weighted by Gasteiger charge is 2.43. The molecule has 0 aromatic carbocycles. The predicted molar refractivity (Wildman–Crippen MR) is 123 cm³/mol. The molecular weight excluding hydrogens is 406 g/mol. The van der Waals surface area contributed by atoms with Gasteiger partial charge in [0.2, 0.25) is 0 Å². The van der Waals surface area contributed by atoms with Crippen LogP contribution in [0.5, 0.6) is 0 Å². The zero-order chi connectivity index (χ0) is 22.9. The van der Waals surface area contributed by atoms with Gasteiger partial charge in [-0.1, -0.05) is 31.6 Å². The quantitative estimate of drug-likeness (QED) is 0.445. The molecule has 1 aliphatic heterocycles. The lowest BCUT2D eigenvalue weighted by atomic mass is 9.85. The summed E-state index contributed by atoms with van der Waals surface area (Å²) in [6, 6.07) is 3.91. The largest absolute Gasteiger partial charge is 0.481 e. The molecule has 0 amide bonds. The first-order valence-corrected chi connectivity index (χ1v) is 12.3. The molecular formula is C26H39NO5. The van der Waals surface area contributed by atoms with Gasteiger partial charge in [0.05, 0.1) is 24.2 Å². The number of nitrogens with zero attached hydrogens (tertiary/aromatic N) is 1. The SMILES string of the molecule is CCCC(CC[C@@H]1CC[C@@H]2[C@@H](C=CC(O)CCc3cccnc3)[C@H](O)C[C@@H]2OC1)C(=O)O. The van der Waals surface area contributed by atoms with E-state index in [9.17, 15) is 20.1 Å². The summed E-state index contributed by atoms with van der Waals surface area (Å²) in [5.41, 5.74) is 1.10. The summed E-state index contributed by atoms with van der Waals surface area (Å²) < 4.78 is 6.19. The maximum Gasteiger partial charge on any atom is 0.306 e. The number of aromatic nitrogens is 1. The van der Waals surface area contributed by atoms with E-state index < -0.39 is 18.2 Å². The number of aliphatic hydroxyl groups is 2. The van der Waals surface area contributed by atoms with Crippen molar-refractivity contribution in [3.05, 3.63) is 42.2 Å². The van der Waals surface area contributed by atoms with E-state index in [1.165, 1.54) is 0 Å². The molecule has 2 aliphatic rings. The molecule has 1 aromatic rings. The number of hydrogen-bond donors (Lipinski definition) is 3. The minimum atomic E-state index is -0.686. The van der Waals surface area contributed by atoms with Crippen LogP contribution in [0.4, 0.5) is 0 Å². The van der Waals surface area contributed by atoms with Crippen molar-refractivity contribution >= 4 is 5.97 Å². The van der Waals surface area contributed by atoms with Gasteiger partial charge in [0.1, 0.15) is 0 Å². The minimum Gasteiger partial charge on any atom is -0.481 e. The van der Waals surface area contributed by atoms with Crippen LogP contribution in [-0.4, -0.2) is 51.2 Å². The number of carboxylic acids is 1. The fourth-order valence-corrected chi connectivity index (χ4v) is 5.33. The Morgan fingerprint density at radius 3 is 2.88 bits per heavy atom. The Labute approximate surface area is 191 Å². The lowest BCUT2D eigenvalue weighted by Crippen LogP contribution is -2.21. The van der Waals surface area contributed by atoms with Crippen molar-refractivity contribution in [3.8, 4) is 0 Å². The smallest absolute Gasteiger partial charge is 0.306 e. The molecule has 6 nitrogen and oxygen atoms in total. The molecule has 32 heavy (non-hydrogen) atoms. The summed E-state index contributed by atoms with van der Waals surface area (Å²) in [7, 11) is 0. The number of carbonyl (C=O) groups is 1. The second-order valence-electron chi connectivity index (χ2n) is 9.61. The van der Waals surface area contributed by atoms with Crippen molar-refractivity contribution in [1.29, 1.82) is 0 Å². The zero-order valence-electron chi connectivity index (χ0n) is 19.2. The first kappa shape index (κ1) is 24.9. The van der Waals surface area contributed by atoms with Gasteiger partial charge in [0.25, 0.3) is 0 Å². The van der Waals surface area contributed by atoms with Crippen LogP contribution in [-0.2, 0) is 16.0 Å². The van der Waals surface area contributed by atoms with Gasteiger partial charge in [0.15, 0.2) is 0 Å². The maximum atomic E-state index is 11.4. The average Bonchev–Trinajstić information content (AvgIpc) is 2.95. The molecule has 1 aliphatic carbocycles. The Balaban J connectivity index is 1.49. The van der Waals surface area contributed by atoms with E-state index in [1.807, 2.05) is 37.4 Å². The van der Waals surface area contributed by atoms with Crippen LogP contribution in [0.25, 0.3) is 0 Å². The second-order valence-corrected chi connectivity index (χ2v) is 9.61. The van der Waals surface area contributed by atoms with Crippen LogP contribution in [0, 0.1) is 23.7 Å². The Morgan fingerprint density at radius 2 is 2.16 bits per heavy atom. The number of pyridine rings is 1. The van der Waals surface area contributed by atoms with Crippen molar-refractivity contribution in [2.75, 3.05) is 6.61 Å². The molecule has 178 valence electrons. The van der Waals surface area contributed by atoms with Crippen LogP contribution < -0.4 is 0 Å². The molecule has 0 radical (unpaired) electrons. The third-order valence-corrected chi connectivity index (χ3v) is 7.26. The van der Waals surface area contributed by atoms with Crippen LogP contribution in [0.2, 0.25) is 0 Å². The number of fused-ring (bicyclic) bond motifs is 1. The Bertz CT molecular complexity index is 724. The molecule has 2 unspecified atom stereocenters. The Morgan fingerprint density at radius 1 is 1.31 bits per heavy atom. The summed E-state index contributed by atoms with van der Waals surface area (Å²) in [6.45, 7) is 2.68. The van der Waals surface area contributed by atoms with E-state index in [0.29, 0.717) is 31.8 Å². The van der Waals surface area contributed by atoms with Crippen molar-refractivity contribution in [2.24, 2.45) is 23.7 Å². The van der Waals surface area contributed by atoms with Gasteiger partial charge >= 0.3 is 5.97 Å². The highest BCUT2D eigenvalue weighted by atomic mass is 16.5. The first-order chi connectivity index (χ1) is 15.5. The monoisotopic (exact) mass is 445 g/mol. The van der Waals surface area contributed by atoms with E-state index in [4.69, 9.17) is 4.74 Å². The Hall–Kier alpha value is -1.76. The van der Waals surface area contributed by atoms with Gasteiger partial charge in [-0.25, -0.2) is 0 Å². The summed E-state index contributed by atoms with van der Waals surface area (Å²) in [4.78, 5) is 15.5. The van der Waals surface area contributed by atoms with Gasteiger partial charge in [-0.15, -0.1) is 0 Å². The number of carboxylic acid groups (broad SMARTS) is 1. The highest BCUT2D eigenvalue weighted by Crippen LogP contribution is 2.42. The van der Waals surface area contributed by atoms with Crippen LogP contribution in [0.3, 0.4) is 0 Å². The molecule has 2 heterocycles. The molecule has 3 rings (SSSR count). The van der Waals surface area contributed by atoms with E-state index in [0.717, 1.165) is 44.1 Å². The van der Waals surface area contributed by atoms with E-state index in [1.54, 1.807) is 6.20 Å². The lowest BCUT2D eigenvalue weighted by molar-refractivity contribution is -0.142. The van der Waals surface area contributed by atoms with Crippen LogP contribution >= 0.6 is 0 Å². The summed E-state index contributed by atoms with van der Waals surface area (Å²) >= 11 is 0. The van der Waals surface area contributed by atoms with Gasteiger partial charge in [0, 0.05) is 31.3 Å². The summed E-state index contributed by atoms with van der Waals surface area (Å²) in [6.07, 6.45) is 13.6. The molecule has 3 N–H and O–H groups in total. The van der Waals surface area contributed by atoms with Gasteiger partial charge in [-0.2, -0.15) is 0 Å². The maximum absolute atomic E-state index is 11.4. The van der Waals surface area contributed by atoms with Crippen LogP contribution in [0.1, 0.15) is 63.9 Å². The average molecular weight is 446 g/mol. The second kappa shape index (κ2) is 12.5. The summed E-state index contributed by atoms with van der Waals surface area (Å²) in [5, 5.41) is 30.4. The fourth-order valence-electron chi connectivity index (χ4n) is 5.33. The highest BCUT2D eigenvalue weighted by molar-refractivity contribution is 5.69. The lowest BCUT2D eigenvalue weighted by Gasteiger charge is -2.21. The van der Waals surface area contributed by atoms with Crippen molar-refractivity contribution in [3.63, 3.8) is 0 Å². The minimum absolute atomic E-state index is 0.00125. The summed E-state index contributed by atoms with van der Waals surface area (Å²) in [5.74, 6) is -0.311. The molecule has 6 heteroatoms. The number of aliphatic carboxylic acids is 1. The molecule has 0 spiro atoms. The van der Waals surface area contributed by atoms with Gasteiger partial charge in [-0.3, -0.25) is 9.78 Å². The molecule has 1 saturated heterocycles. The Kier molecular flexibility index (Phi) is 9.69. The molecule has 1 saturated carbocycles. The van der Waals surface area contributed by atoms with Crippen molar-refractivity contribution in [2.45, 2.75) is 83.0 Å². The van der Waals surface area contributed by atoms with Crippen molar-refractivity contribution < 1.29 is 24.9 Å². The molecule has 7 atom stereocenters. The molecule has 2 fully saturated rings. The van der Waals surface area contributed by atoms with Crippen molar-refractivity contribution in [1.82, 2.24) is 4.98 Å². The van der Waals surface area contributed by atoms with E-state index >= 15 is 0 Å². The third-order valence-electron chi connectivity index (χ3n) is 7.26. The fraction of sp³-hybridized carbons (Fsp3) is 0.692. The zero-order valence-corrected chi connectivity index (χ0v) is 19.2. The van der Waals surface area contributed by atoms with Crippen LogP contribution in [0.15, 0.2) is 36.7 Å². The number of aryl methyl sites for hydroxylation is 1. The third kappa shape index (κ3) is 7.12. The van der Waals surface area contributed by atoms with E-state index in [-0.39, 0.29) is 23.9 Å². The number of aliphatic hydroxyl groups excluding tert-OH is 2. The van der Waals surface area contributed by atoms with Gasteiger partial charge in [-0.05, 0) is 68.4 Å². The number of ether oxygens (including phenoxy) is 1. The first-order valence-electron chi connectivity index (χ1n) is 12.3.